The van der Waals surface area contributed by atoms with Gasteiger partial charge in [-0.05, 0) is 61.1 Å². The van der Waals surface area contributed by atoms with Crippen LogP contribution in [0.2, 0.25) is 0 Å². The molecule has 3 rings (SSSR count). The van der Waals surface area contributed by atoms with Crippen molar-refractivity contribution in [1.29, 1.82) is 0 Å². The first-order valence-electron chi connectivity index (χ1n) is 10.1. The lowest BCUT2D eigenvalue weighted by Gasteiger charge is -2.13. The summed E-state index contributed by atoms with van der Waals surface area (Å²) in [7, 11) is 3.90. The van der Waals surface area contributed by atoms with Gasteiger partial charge in [0.2, 0.25) is 0 Å². The molecule has 0 aliphatic carbocycles. The molecule has 32 heavy (non-hydrogen) atoms. The Bertz CT molecular complexity index is 1150. The zero-order valence-corrected chi connectivity index (χ0v) is 18.1. The number of pyridine rings is 1. The van der Waals surface area contributed by atoms with Crippen molar-refractivity contribution >= 4 is 23.3 Å². The molecular weight excluding hydrogens is 404 g/mol. The van der Waals surface area contributed by atoms with E-state index < -0.39 is 5.97 Å². The fraction of sp³-hybridized carbons (Fsp3) is 0.160. The molecule has 0 aliphatic rings. The maximum absolute atomic E-state index is 12.5. The highest BCUT2D eigenvalue weighted by atomic mass is 16.4. The van der Waals surface area contributed by atoms with Crippen LogP contribution in [-0.4, -0.2) is 54.1 Å². The number of aromatic nitrogens is 1. The molecule has 4 N–H and O–H groups in total. The standard InChI is InChI=1S/C25H26N4O3/c1-16(17-7-9-18(10-8-17)25(31)32)22-14-21(15-28-23(22)26)19-5-4-6-20(13-19)24(30)27-11-12-29(2)3/h4-10,13-15H,1,11-12H2,2-3H3,(H2,26,28)(H,27,30)(H,31,32). The molecule has 1 heterocycles. The van der Waals surface area contributed by atoms with Gasteiger partial charge < -0.3 is 21.1 Å². The maximum Gasteiger partial charge on any atom is 0.335 e. The number of nitrogens with one attached hydrogen (secondary N) is 1. The van der Waals surface area contributed by atoms with E-state index in [9.17, 15) is 9.59 Å². The molecule has 0 atom stereocenters. The van der Waals surface area contributed by atoms with Gasteiger partial charge in [-0.15, -0.1) is 0 Å². The van der Waals surface area contributed by atoms with Gasteiger partial charge in [0, 0.05) is 36.0 Å². The summed E-state index contributed by atoms with van der Waals surface area (Å²) in [4.78, 5) is 29.9. The number of carbonyl (C=O) groups excluding carboxylic acids is 1. The van der Waals surface area contributed by atoms with Gasteiger partial charge in [0.15, 0.2) is 0 Å². The second-order valence-electron chi connectivity index (χ2n) is 7.66. The average molecular weight is 431 g/mol. The van der Waals surface area contributed by atoms with Crippen molar-refractivity contribution in [1.82, 2.24) is 15.2 Å². The zero-order chi connectivity index (χ0) is 23.3. The van der Waals surface area contributed by atoms with Gasteiger partial charge in [-0.3, -0.25) is 4.79 Å². The van der Waals surface area contributed by atoms with Gasteiger partial charge in [0.1, 0.15) is 5.82 Å². The van der Waals surface area contributed by atoms with Gasteiger partial charge in [-0.25, -0.2) is 9.78 Å². The Balaban J connectivity index is 1.86. The van der Waals surface area contributed by atoms with Crippen LogP contribution in [0.25, 0.3) is 16.7 Å². The first-order valence-corrected chi connectivity index (χ1v) is 10.1. The predicted molar refractivity (Wildman–Crippen MR) is 127 cm³/mol. The number of carbonyl (C=O) groups is 2. The fourth-order valence-electron chi connectivity index (χ4n) is 3.18. The molecule has 7 nitrogen and oxygen atoms in total. The minimum Gasteiger partial charge on any atom is -0.478 e. The molecule has 0 bridgehead atoms. The molecule has 0 saturated carbocycles. The van der Waals surface area contributed by atoms with E-state index in [1.54, 1.807) is 24.4 Å². The molecule has 0 unspecified atom stereocenters. The SMILES string of the molecule is C=C(c1ccc(C(=O)O)cc1)c1cc(-c2cccc(C(=O)NCCN(C)C)c2)cnc1N. The topological polar surface area (TPSA) is 109 Å². The van der Waals surface area contributed by atoms with Crippen LogP contribution in [0.15, 0.2) is 67.4 Å². The smallest absolute Gasteiger partial charge is 0.335 e. The average Bonchev–Trinajstić information content (AvgIpc) is 2.78. The minimum atomic E-state index is -0.990. The van der Waals surface area contributed by atoms with Crippen LogP contribution < -0.4 is 11.1 Å². The van der Waals surface area contributed by atoms with Crippen LogP contribution in [0.3, 0.4) is 0 Å². The molecule has 164 valence electrons. The molecular formula is C25H26N4O3. The Morgan fingerprint density at radius 3 is 2.38 bits per heavy atom. The molecule has 0 spiro atoms. The molecule has 2 aromatic carbocycles. The zero-order valence-electron chi connectivity index (χ0n) is 18.1. The van der Waals surface area contributed by atoms with E-state index in [0.717, 1.165) is 23.2 Å². The second-order valence-corrected chi connectivity index (χ2v) is 7.66. The number of benzene rings is 2. The molecule has 1 amide bonds. The number of aromatic carboxylic acids is 1. The van der Waals surface area contributed by atoms with Gasteiger partial charge in [0.25, 0.3) is 5.91 Å². The molecule has 7 heteroatoms. The number of anilines is 1. The lowest BCUT2D eigenvalue weighted by Crippen LogP contribution is -2.31. The Morgan fingerprint density at radius 1 is 1.03 bits per heavy atom. The third-order valence-electron chi connectivity index (χ3n) is 5.03. The molecule has 3 aromatic rings. The van der Waals surface area contributed by atoms with Crippen LogP contribution >= 0.6 is 0 Å². The Labute approximate surface area is 187 Å². The molecule has 0 saturated heterocycles. The highest BCUT2D eigenvalue weighted by Crippen LogP contribution is 2.30. The number of hydrogen-bond acceptors (Lipinski definition) is 5. The van der Waals surface area contributed by atoms with Gasteiger partial charge in [-0.1, -0.05) is 30.8 Å². The Kier molecular flexibility index (Phi) is 7.02. The molecule has 0 radical (unpaired) electrons. The summed E-state index contributed by atoms with van der Waals surface area (Å²) in [6.07, 6.45) is 1.66. The lowest BCUT2D eigenvalue weighted by atomic mass is 9.96. The lowest BCUT2D eigenvalue weighted by molar-refractivity contribution is 0.0696. The first kappa shape index (κ1) is 22.7. The van der Waals surface area contributed by atoms with E-state index in [-0.39, 0.29) is 11.5 Å². The van der Waals surface area contributed by atoms with Crippen LogP contribution in [0.4, 0.5) is 5.82 Å². The van der Waals surface area contributed by atoms with Crippen molar-refractivity contribution < 1.29 is 14.7 Å². The Hall–Kier alpha value is -3.97. The summed E-state index contributed by atoms with van der Waals surface area (Å²) in [6.45, 7) is 5.44. The van der Waals surface area contributed by atoms with Crippen molar-refractivity contribution in [3.05, 3.63) is 89.6 Å². The summed E-state index contributed by atoms with van der Waals surface area (Å²) in [5, 5.41) is 12.0. The normalized spacial score (nSPS) is 10.7. The maximum atomic E-state index is 12.5. The third kappa shape index (κ3) is 5.39. The monoisotopic (exact) mass is 430 g/mol. The summed E-state index contributed by atoms with van der Waals surface area (Å²) in [5.74, 6) is -0.810. The number of hydrogen-bond donors (Lipinski definition) is 3. The van der Waals surface area contributed by atoms with Crippen molar-refractivity contribution in [2.24, 2.45) is 0 Å². The summed E-state index contributed by atoms with van der Waals surface area (Å²) < 4.78 is 0. The van der Waals surface area contributed by atoms with E-state index in [1.807, 2.05) is 43.3 Å². The van der Waals surface area contributed by atoms with Crippen LogP contribution in [0.5, 0.6) is 0 Å². The van der Waals surface area contributed by atoms with E-state index in [4.69, 9.17) is 10.8 Å². The van der Waals surface area contributed by atoms with Gasteiger partial charge >= 0.3 is 5.97 Å². The molecule has 0 aliphatic heterocycles. The van der Waals surface area contributed by atoms with Gasteiger partial charge in [0.05, 0.1) is 5.56 Å². The van der Waals surface area contributed by atoms with E-state index in [1.165, 1.54) is 12.1 Å². The summed E-state index contributed by atoms with van der Waals surface area (Å²) in [6, 6.07) is 15.6. The second kappa shape index (κ2) is 9.89. The minimum absolute atomic E-state index is 0.139. The van der Waals surface area contributed by atoms with Crippen molar-refractivity contribution in [2.75, 3.05) is 32.9 Å². The number of nitrogen functional groups attached to an aromatic ring is 1. The van der Waals surface area contributed by atoms with Crippen molar-refractivity contribution in [2.45, 2.75) is 0 Å². The Morgan fingerprint density at radius 2 is 1.72 bits per heavy atom. The highest BCUT2D eigenvalue weighted by molar-refractivity contribution is 5.95. The van der Waals surface area contributed by atoms with Crippen molar-refractivity contribution in [3.8, 4) is 11.1 Å². The summed E-state index contributed by atoms with van der Waals surface area (Å²) >= 11 is 0. The number of nitrogens with zero attached hydrogens (tertiary/aromatic N) is 2. The van der Waals surface area contributed by atoms with Crippen LogP contribution in [0, 0.1) is 0 Å². The van der Waals surface area contributed by atoms with E-state index >= 15 is 0 Å². The van der Waals surface area contributed by atoms with Crippen molar-refractivity contribution in [3.63, 3.8) is 0 Å². The van der Waals surface area contributed by atoms with E-state index in [2.05, 4.69) is 16.9 Å². The quantitative estimate of drug-likeness (QED) is 0.506. The molecule has 1 aromatic heterocycles. The third-order valence-corrected chi connectivity index (χ3v) is 5.03. The predicted octanol–water partition coefficient (Wildman–Crippen LogP) is 3.38. The number of amides is 1. The van der Waals surface area contributed by atoms with Crippen LogP contribution in [-0.2, 0) is 0 Å². The number of likely N-dealkylation sites (N-methyl/N-ethyl adjacent to an activating group) is 1. The number of rotatable bonds is 8. The van der Waals surface area contributed by atoms with Crippen LogP contribution in [0.1, 0.15) is 31.8 Å². The highest BCUT2D eigenvalue weighted by Gasteiger charge is 2.12. The number of carboxylic acids is 1. The fourth-order valence-corrected chi connectivity index (χ4v) is 3.18. The number of carboxylic acid groups (broad SMARTS) is 1. The van der Waals surface area contributed by atoms with Gasteiger partial charge in [-0.2, -0.15) is 0 Å². The summed E-state index contributed by atoms with van der Waals surface area (Å²) in [5.41, 5.74) is 10.5. The number of nitrogens with two attached hydrogens (primary N) is 1. The first-order chi connectivity index (χ1) is 15.3. The molecule has 0 fully saturated rings. The van der Waals surface area contributed by atoms with E-state index in [0.29, 0.717) is 29.1 Å². The largest absolute Gasteiger partial charge is 0.478 e.